The van der Waals surface area contributed by atoms with E-state index < -0.39 is 0 Å². The second-order valence-electron chi connectivity index (χ2n) is 7.47. The van der Waals surface area contributed by atoms with Crippen molar-refractivity contribution < 1.29 is 4.74 Å². The molecule has 1 nitrogen and oxygen atoms in total. The summed E-state index contributed by atoms with van der Waals surface area (Å²) in [6.45, 7) is 6.78. The summed E-state index contributed by atoms with van der Waals surface area (Å²) < 4.78 is 5.92. The van der Waals surface area contributed by atoms with Crippen LogP contribution in [-0.4, -0.2) is 12.7 Å². The van der Waals surface area contributed by atoms with Gasteiger partial charge < -0.3 is 4.74 Å². The lowest BCUT2D eigenvalue weighted by atomic mass is 9.77. The summed E-state index contributed by atoms with van der Waals surface area (Å²) in [6.07, 6.45) is 22.3. The topological polar surface area (TPSA) is 9.23 Å². The van der Waals surface area contributed by atoms with E-state index in [9.17, 15) is 0 Å². The van der Waals surface area contributed by atoms with Gasteiger partial charge in [0, 0.05) is 0 Å². The van der Waals surface area contributed by atoms with Gasteiger partial charge in [-0.15, -0.1) is 6.58 Å². The molecule has 0 aromatic rings. The van der Waals surface area contributed by atoms with Crippen molar-refractivity contribution in [3.8, 4) is 0 Å². The van der Waals surface area contributed by atoms with Gasteiger partial charge in [0.15, 0.2) is 0 Å². The van der Waals surface area contributed by atoms with Crippen LogP contribution in [0.25, 0.3) is 0 Å². The molecule has 0 aromatic carbocycles. The van der Waals surface area contributed by atoms with E-state index in [-0.39, 0.29) is 0 Å². The number of hydrogen-bond acceptors (Lipinski definition) is 1. The minimum Gasteiger partial charge on any atom is -0.378 e. The third-order valence-electron chi connectivity index (χ3n) is 5.81. The quantitative estimate of drug-likeness (QED) is 0.377. The number of rotatable bonds is 8. The SMILES string of the molecule is C=CCCO[C@H]1CC[C@H](CC[C@H]2CC[C@H](C=CC)CC2)CC1. The summed E-state index contributed by atoms with van der Waals surface area (Å²) in [6, 6.07) is 0. The number of allylic oxidation sites excluding steroid dienone is 2. The first kappa shape index (κ1) is 17.8. The first-order valence-electron chi connectivity index (χ1n) is 9.67. The number of hydrogen-bond donors (Lipinski definition) is 0. The summed E-state index contributed by atoms with van der Waals surface area (Å²) in [5.41, 5.74) is 0. The monoisotopic (exact) mass is 304 g/mol. The maximum absolute atomic E-state index is 5.92. The first-order valence-corrected chi connectivity index (χ1v) is 9.67. The molecule has 0 aromatic heterocycles. The fraction of sp³-hybridized carbons (Fsp3) is 0.810. The van der Waals surface area contributed by atoms with Crippen molar-refractivity contribution in [2.24, 2.45) is 17.8 Å². The molecule has 0 heterocycles. The molecule has 0 aliphatic heterocycles. The summed E-state index contributed by atoms with van der Waals surface area (Å²) >= 11 is 0. The van der Waals surface area contributed by atoms with Gasteiger partial charge in [0.05, 0.1) is 12.7 Å². The predicted octanol–water partition coefficient (Wildman–Crippen LogP) is 6.30. The molecule has 2 fully saturated rings. The zero-order valence-electron chi connectivity index (χ0n) is 14.6. The molecule has 1 heteroatoms. The smallest absolute Gasteiger partial charge is 0.0575 e. The van der Waals surface area contributed by atoms with Crippen LogP contribution in [0.5, 0.6) is 0 Å². The highest BCUT2D eigenvalue weighted by Gasteiger charge is 2.24. The van der Waals surface area contributed by atoms with E-state index in [1.54, 1.807) is 0 Å². The van der Waals surface area contributed by atoms with E-state index in [0.29, 0.717) is 6.10 Å². The van der Waals surface area contributed by atoms with Crippen LogP contribution in [0.2, 0.25) is 0 Å². The molecular weight excluding hydrogens is 268 g/mol. The Hall–Kier alpha value is -0.560. The van der Waals surface area contributed by atoms with Gasteiger partial charge >= 0.3 is 0 Å². The van der Waals surface area contributed by atoms with Crippen LogP contribution in [0.3, 0.4) is 0 Å². The molecule has 0 N–H and O–H groups in total. The normalized spacial score (nSPS) is 33.1. The average molecular weight is 305 g/mol. The van der Waals surface area contributed by atoms with Crippen LogP contribution in [0.1, 0.15) is 77.6 Å². The molecular formula is C21H36O. The van der Waals surface area contributed by atoms with Crippen LogP contribution >= 0.6 is 0 Å². The van der Waals surface area contributed by atoms with Gasteiger partial charge in [0.25, 0.3) is 0 Å². The minimum atomic E-state index is 0.535. The molecule has 0 atom stereocenters. The molecule has 2 aliphatic carbocycles. The van der Waals surface area contributed by atoms with Crippen molar-refractivity contribution in [1.29, 1.82) is 0 Å². The van der Waals surface area contributed by atoms with Crippen molar-refractivity contribution in [2.45, 2.75) is 83.7 Å². The second-order valence-corrected chi connectivity index (χ2v) is 7.47. The predicted molar refractivity (Wildman–Crippen MR) is 96.0 cm³/mol. The second kappa shape index (κ2) is 10.3. The van der Waals surface area contributed by atoms with Crippen molar-refractivity contribution in [2.75, 3.05) is 6.61 Å². The summed E-state index contributed by atoms with van der Waals surface area (Å²) in [7, 11) is 0. The number of ether oxygens (including phenoxy) is 1. The summed E-state index contributed by atoms with van der Waals surface area (Å²) in [5, 5.41) is 0. The molecule has 0 radical (unpaired) electrons. The Kier molecular flexibility index (Phi) is 8.30. The standard InChI is InChI=1S/C21H36O/c1-3-5-17-22-21-15-13-20(14-16-21)12-11-19-9-7-18(6-4-2)8-10-19/h3-4,6,18-21H,1,5,7-17H2,2H3/t18-,19-,20-,21-. The molecule has 0 saturated heterocycles. The van der Waals surface area contributed by atoms with E-state index in [4.69, 9.17) is 4.74 Å². The van der Waals surface area contributed by atoms with E-state index in [0.717, 1.165) is 30.8 Å². The lowest BCUT2D eigenvalue weighted by molar-refractivity contribution is 0.0189. The van der Waals surface area contributed by atoms with E-state index in [1.165, 1.54) is 64.2 Å². The summed E-state index contributed by atoms with van der Waals surface area (Å²) in [5.74, 6) is 2.87. The molecule has 126 valence electrons. The van der Waals surface area contributed by atoms with E-state index in [1.807, 2.05) is 6.08 Å². The van der Waals surface area contributed by atoms with Crippen LogP contribution < -0.4 is 0 Å². The van der Waals surface area contributed by atoms with Gasteiger partial charge in [-0.3, -0.25) is 0 Å². The third-order valence-corrected chi connectivity index (χ3v) is 5.81. The maximum atomic E-state index is 5.92. The molecule has 0 unspecified atom stereocenters. The highest BCUT2D eigenvalue weighted by Crippen LogP contribution is 2.36. The summed E-state index contributed by atoms with van der Waals surface area (Å²) in [4.78, 5) is 0. The Morgan fingerprint density at radius 2 is 1.50 bits per heavy atom. The highest BCUT2D eigenvalue weighted by molar-refractivity contribution is 4.89. The van der Waals surface area contributed by atoms with Gasteiger partial charge in [-0.2, -0.15) is 0 Å². The highest BCUT2D eigenvalue weighted by atomic mass is 16.5. The third kappa shape index (κ3) is 6.28. The lowest BCUT2D eigenvalue weighted by Gasteiger charge is -2.31. The van der Waals surface area contributed by atoms with Crippen LogP contribution in [0.15, 0.2) is 24.8 Å². The maximum Gasteiger partial charge on any atom is 0.0575 e. The van der Waals surface area contributed by atoms with Crippen LogP contribution in [0.4, 0.5) is 0 Å². The Morgan fingerprint density at radius 3 is 2.05 bits per heavy atom. The molecule has 22 heavy (non-hydrogen) atoms. The molecule has 0 spiro atoms. The zero-order valence-corrected chi connectivity index (χ0v) is 14.6. The van der Waals surface area contributed by atoms with Crippen LogP contribution in [-0.2, 0) is 4.74 Å². The van der Waals surface area contributed by atoms with Gasteiger partial charge in [-0.1, -0.05) is 31.1 Å². The van der Waals surface area contributed by atoms with Crippen molar-refractivity contribution in [3.05, 3.63) is 24.8 Å². The van der Waals surface area contributed by atoms with E-state index in [2.05, 4.69) is 25.7 Å². The molecule has 0 bridgehead atoms. The Labute approximate surface area is 138 Å². The van der Waals surface area contributed by atoms with Gasteiger partial charge in [-0.25, -0.2) is 0 Å². The Balaban J connectivity index is 1.54. The average Bonchev–Trinajstić information content (AvgIpc) is 2.56. The van der Waals surface area contributed by atoms with Crippen molar-refractivity contribution in [1.82, 2.24) is 0 Å². The fourth-order valence-electron chi connectivity index (χ4n) is 4.32. The Morgan fingerprint density at radius 1 is 0.909 bits per heavy atom. The van der Waals surface area contributed by atoms with Crippen LogP contribution in [0, 0.1) is 17.8 Å². The van der Waals surface area contributed by atoms with Crippen molar-refractivity contribution in [3.63, 3.8) is 0 Å². The lowest BCUT2D eigenvalue weighted by Crippen LogP contribution is -2.23. The van der Waals surface area contributed by atoms with Crippen molar-refractivity contribution >= 4 is 0 Å². The first-order chi connectivity index (χ1) is 10.8. The largest absolute Gasteiger partial charge is 0.378 e. The van der Waals surface area contributed by atoms with Gasteiger partial charge in [0.1, 0.15) is 0 Å². The molecule has 2 aliphatic rings. The molecule has 2 rings (SSSR count). The van der Waals surface area contributed by atoms with Gasteiger partial charge in [0.2, 0.25) is 0 Å². The minimum absolute atomic E-state index is 0.535. The fourth-order valence-corrected chi connectivity index (χ4v) is 4.32. The zero-order chi connectivity index (χ0) is 15.6. The Bertz CT molecular complexity index is 317. The molecule has 2 saturated carbocycles. The van der Waals surface area contributed by atoms with E-state index >= 15 is 0 Å². The molecule has 0 amide bonds. The van der Waals surface area contributed by atoms with Gasteiger partial charge in [-0.05, 0) is 82.5 Å².